The predicted molar refractivity (Wildman–Crippen MR) is 156 cm³/mol. The Morgan fingerprint density at radius 1 is 0.625 bits per heavy atom. The van der Waals surface area contributed by atoms with Crippen molar-refractivity contribution in [2.75, 3.05) is 26.9 Å². The van der Waals surface area contributed by atoms with Crippen molar-refractivity contribution in [1.82, 2.24) is 10.6 Å². The topological polar surface area (TPSA) is 285 Å². The molecule has 48 heavy (non-hydrogen) atoms. The van der Waals surface area contributed by atoms with Gasteiger partial charge >= 0.3 is 0 Å². The average Bonchev–Trinajstić information content (AvgIpc) is 3.06. The molecule has 0 bridgehead atoms. The van der Waals surface area contributed by atoms with Gasteiger partial charge in [0.05, 0.1) is 26.9 Å². The molecule has 1 aromatic carbocycles. The Labute approximate surface area is 274 Å². The van der Waals surface area contributed by atoms with Crippen molar-refractivity contribution >= 4 is 11.8 Å². The summed E-state index contributed by atoms with van der Waals surface area (Å²) in [5, 5.41) is 88.8. The summed E-state index contributed by atoms with van der Waals surface area (Å²) in [7, 11) is 1.46. The molecule has 0 aliphatic carbocycles. The number of amides is 2. The average molecular weight is 693 g/mol. The minimum Gasteiger partial charge on any atom is -0.497 e. The van der Waals surface area contributed by atoms with Gasteiger partial charge in [0.15, 0.2) is 18.7 Å². The Balaban J connectivity index is 1.69. The van der Waals surface area contributed by atoms with E-state index in [1.807, 2.05) is 0 Å². The maximum absolute atomic E-state index is 12.0. The SMILES string of the molecule is COc1ccc(O[C@H]2OC(CO)[C@@H](O[C@@H]3OC(CO)[C@@H](O)[C@@H](O)C3NC(C)=O)[C@H](O)C2O[C@@H]2OC(CO)[C@@H](O)[C@@H](O)C2NC(C)=O)cc1. The van der Waals surface area contributed by atoms with Gasteiger partial charge in [0, 0.05) is 13.8 Å². The van der Waals surface area contributed by atoms with Gasteiger partial charge in [0.25, 0.3) is 0 Å². The molecule has 6 unspecified atom stereocenters. The van der Waals surface area contributed by atoms with E-state index in [1.54, 1.807) is 12.1 Å². The van der Waals surface area contributed by atoms with E-state index < -0.39 is 124 Å². The molecule has 1 aromatic rings. The summed E-state index contributed by atoms with van der Waals surface area (Å²) in [6.07, 6.45) is -20.7. The second kappa shape index (κ2) is 16.8. The van der Waals surface area contributed by atoms with Gasteiger partial charge in [-0.3, -0.25) is 9.59 Å². The van der Waals surface area contributed by atoms with E-state index >= 15 is 0 Å². The normalized spacial score (nSPS) is 40.1. The van der Waals surface area contributed by atoms with Crippen LogP contribution in [0.3, 0.4) is 0 Å². The number of aliphatic hydroxyl groups is 8. The van der Waals surface area contributed by atoms with Crippen LogP contribution in [-0.2, 0) is 33.3 Å². The highest BCUT2D eigenvalue weighted by atomic mass is 16.8. The second-order valence-electron chi connectivity index (χ2n) is 11.6. The Morgan fingerprint density at radius 2 is 1.04 bits per heavy atom. The summed E-state index contributed by atoms with van der Waals surface area (Å²) in [5.41, 5.74) is 0. The van der Waals surface area contributed by atoms with Crippen LogP contribution in [-0.4, -0.2) is 172 Å². The lowest BCUT2D eigenvalue weighted by molar-refractivity contribution is -0.365. The van der Waals surface area contributed by atoms with Crippen LogP contribution in [0.15, 0.2) is 24.3 Å². The van der Waals surface area contributed by atoms with Gasteiger partial charge in [-0.2, -0.15) is 0 Å². The molecule has 3 fully saturated rings. The monoisotopic (exact) mass is 692 g/mol. The molecule has 19 nitrogen and oxygen atoms in total. The van der Waals surface area contributed by atoms with Gasteiger partial charge in [-0.1, -0.05) is 0 Å². The van der Waals surface area contributed by atoms with Crippen LogP contribution in [0.1, 0.15) is 13.8 Å². The quantitative estimate of drug-likeness (QED) is 0.0980. The summed E-state index contributed by atoms with van der Waals surface area (Å²) in [6, 6.07) is 3.30. The molecule has 4 rings (SSSR count). The maximum Gasteiger partial charge on any atom is 0.229 e. The maximum atomic E-state index is 12.0. The summed E-state index contributed by atoms with van der Waals surface area (Å²) >= 11 is 0. The van der Waals surface area contributed by atoms with Crippen LogP contribution in [0.5, 0.6) is 11.5 Å². The number of rotatable bonds is 12. The van der Waals surface area contributed by atoms with Gasteiger partial charge in [-0.05, 0) is 24.3 Å². The van der Waals surface area contributed by atoms with Crippen LogP contribution < -0.4 is 20.1 Å². The lowest BCUT2D eigenvalue weighted by Crippen LogP contribution is -2.69. The van der Waals surface area contributed by atoms with Gasteiger partial charge in [0.2, 0.25) is 18.1 Å². The zero-order valence-electron chi connectivity index (χ0n) is 26.3. The molecule has 3 aliphatic heterocycles. The summed E-state index contributed by atoms with van der Waals surface area (Å²) in [4.78, 5) is 24.0. The first-order valence-electron chi connectivity index (χ1n) is 15.2. The van der Waals surface area contributed by atoms with Crippen molar-refractivity contribution in [2.24, 2.45) is 0 Å². The molecule has 0 radical (unpaired) electrons. The van der Waals surface area contributed by atoms with E-state index in [0.29, 0.717) is 5.75 Å². The first-order valence-corrected chi connectivity index (χ1v) is 15.2. The largest absolute Gasteiger partial charge is 0.497 e. The van der Waals surface area contributed by atoms with Crippen molar-refractivity contribution in [3.8, 4) is 11.5 Å². The highest BCUT2D eigenvalue weighted by molar-refractivity contribution is 5.73. The highest BCUT2D eigenvalue weighted by Gasteiger charge is 2.55. The fraction of sp³-hybridized carbons (Fsp3) is 0.724. The van der Waals surface area contributed by atoms with E-state index in [0.717, 1.165) is 13.8 Å². The Hall–Kier alpha value is -2.76. The molecule has 0 aromatic heterocycles. The number of aliphatic hydroxyl groups excluding tert-OH is 8. The highest BCUT2D eigenvalue weighted by Crippen LogP contribution is 2.34. The summed E-state index contributed by atoms with van der Waals surface area (Å²) in [6.45, 7) is -0.0311. The number of hydrogen-bond acceptors (Lipinski definition) is 17. The minimum absolute atomic E-state index is 0.188. The first kappa shape index (κ1) is 38.0. The molecular weight excluding hydrogens is 648 g/mol. The smallest absolute Gasteiger partial charge is 0.229 e. The minimum atomic E-state index is -1.84. The lowest BCUT2D eigenvalue weighted by Gasteiger charge is -2.49. The molecule has 10 N–H and O–H groups in total. The molecular formula is C29H44N2O17. The van der Waals surface area contributed by atoms with Crippen LogP contribution in [0.4, 0.5) is 0 Å². The molecule has 15 atom stereocenters. The number of hydrogen-bond donors (Lipinski definition) is 10. The molecule has 3 saturated heterocycles. The van der Waals surface area contributed by atoms with Crippen molar-refractivity contribution in [3.63, 3.8) is 0 Å². The summed E-state index contributed by atoms with van der Waals surface area (Å²) in [5.74, 6) is -0.602. The molecule has 0 spiro atoms. The van der Waals surface area contributed by atoms with Gasteiger partial charge in [-0.25, -0.2) is 0 Å². The van der Waals surface area contributed by atoms with E-state index in [-0.39, 0.29) is 5.75 Å². The lowest BCUT2D eigenvalue weighted by atomic mass is 9.94. The summed E-state index contributed by atoms with van der Waals surface area (Å²) < 4.78 is 40.5. The third-order valence-corrected chi connectivity index (χ3v) is 8.19. The third-order valence-electron chi connectivity index (χ3n) is 8.19. The standard InChI is InChI=1S/C29H44N2O17/c1-11(35)30-18-22(39)20(37)15(8-32)44-27(18)47-25-17(10-34)46-29(43-14-6-4-13(42-3)5-7-14)26(24(25)41)48-28-19(31-12(2)36)23(40)21(38)16(9-33)45-28/h4-7,15-29,32-34,37-41H,8-10H2,1-3H3,(H,30,35)(H,31,36)/t15?,16?,17?,18?,19?,20-,21-,22+,23+,24+,25-,26?,27+,28+,29+/m1/s1. The van der Waals surface area contributed by atoms with Crippen molar-refractivity contribution < 1.29 is 83.6 Å². The molecule has 272 valence electrons. The number of benzene rings is 1. The zero-order valence-corrected chi connectivity index (χ0v) is 26.3. The van der Waals surface area contributed by atoms with Crippen LogP contribution in [0.2, 0.25) is 0 Å². The third kappa shape index (κ3) is 8.51. The predicted octanol–water partition coefficient (Wildman–Crippen LogP) is -5.19. The number of carbonyl (C=O) groups is 2. The molecule has 0 saturated carbocycles. The fourth-order valence-electron chi connectivity index (χ4n) is 5.72. The van der Waals surface area contributed by atoms with Gasteiger partial charge < -0.3 is 84.6 Å². The first-order chi connectivity index (χ1) is 22.8. The van der Waals surface area contributed by atoms with E-state index in [1.165, 1.54) is 19.2 Å². The van der Waals surface area contributed by atoms with Crippen molar-refractivity contribution in [2.45, 2.75) is 106 Å². The fourth-order valence-corrected chi connectivity index (χ4v) is 5.72. The van der Waals surface area contributed by atoms with Crippen LogP contribution in [0, 0.1) is 0 Å². The number of carbonyl (C=O) groups excluding carboxylic acids is 2. The number of ether oxygens (including phenoxy) is 7. The molecule has 3 aliphatic rings. The van der Waals surface area contributed by atoms with Crippen LogP contribution in [0.25, 0.3) is 0 Å². The van der Waals surface area contributed by atoms with E-state index in [9.17, 15) is 50.4 Å². The molecule has 3 heterocycles. The van der Waals surface area contributed by atoms with Crippen molar-refractivity contribution in [3.05, 3.63) is 24.3 Å². The zero-order chi connectivity index (χ0) is 35.3. The van der Waals surface area contributed by atoms with Gasteiger partial charge in [-0.15, -0.1) is 0 Å². The van der Waals surface area contributed by atoms with E-state index in [2.05, 4.69) is 10.6 Å². The molecule has 19 heteroatoms. The second-order valence-corrected chi connectivity index (χ2v) is 11.6. The Kier molecular flexibility index (Phi) is 13.3. The van der Waals surface area contributed by atoms with Crippen molar-refractivity contribution in [1.29, 1.82) is 0 Å². The van der Waals surface area contributed by atoms with Crippen LogP contribution >= 0.6 is 0 Å². The van der Waals surface area contributed by atoms with E-state index in [4.69, 9.17) is 33.2 Å². The Bertz CT molecular complexity index is 1190. The number of methoxy groups -OCH3 is 1. The molecule has 2 amide bonds. The van der Waals surface area contributed by atoms with Gasteiger partial charge in [0.1, 0.15) is 78.5 Å². The Morgan fingerprint density at radius 3 is 1.46 bits per heavy atom. The number of nitrogens with one attached hydrogen (secondary N) is 2.